The number of furan rings is 1. The molecule has 6 nitrogen and oxygen atoms in total. The fraction of sp³-hybridized carbons (Fsp3) is 0.389. The van der Waals surface area contributed by atoms with Gasteiger partial charge >= 0.3 is 0 Å². The Morgan fingerprint density at radius 2 is 2.32 bits per heavy atom. The zero-order valence-corrected chi connectivity index (χ0v) is 14.6. The molecule has 1 atom stereocenters. The zero-order valence-electron chi connectivity index (χ0n) is 13.9. The number of carbonyl (C=O) groups is 1. The summed E-state index contributed by atoms with van der Waals surface area (Å²) in [6.07, 6.45) is 5.18. The van der Waals surface area contributed by atoms with E-state index in [-0.39, 0.29) is 11.8 Å². The summed E-state index contributed by atoms with van der Waals surface area (Å²) in [5.41, 5.74) is 2.58. The summed E-state index contributed by atoms with van der Waals surface area (Å²) in [7, 11) is 0. The number of likely N-dealkylation sites (tertiary alicyclic amines) is 1. The van der Waals surface area contributed by atoms with Gasteiger partial charge in [-0.15, -0.1) is 0 Å². The minimum atomic E-state index is 0.0765. The van der Waals surface area contributed by atoms with Gasteiger partial charge in [-0.2, -0.15) is 4.98 Å². The Labute approximate surface area is 149 Å². The van der Waals surface area contributed by atoms with Crippen LogP contribution in [0.2, 0.25) is 5.02 Å². The molecule has 0 N–H and O–H groups in total. The standard InChI is InChI=1S/C18H18ClN3O3/c1-11-5-16-14(7-15(11)19)13(9-24-16)6-17(23)22-4-2-3-12(8-22)18-20-10-25-21-18/h5,7,9-10,12H,2-4,6,8H2,1H3/t12-/m1/s1. The van der Waals surface area contributed by atoms with Crippen LogP contribution in [0.4, 0.5) is 0 Å². The summed E-state index contributed by atoms with van der Waals surface area (Å²) in [5, 5.41) is 5.49. The highest BCUT2D eigenvalue weighted by atomic mass is 35.5. The lowest BCUT2D eigenvalue weighted by atomic mass is 9.96. The van der Waals surface area contributed by atoms with Gasteiger partial charge in [-0.05, 0) is 37.5 Å². The lowest BCUT2D eigenvalue weighted by molar-refractivity contribution is -0.131. The third kappa shape index (κ3) is 3.14. The number of aryl methyl sites for hydroxylation is 1. The van der Waals surface area contributed by atoms with Crippen LogP contribution >= 0.6 is 11.6 Å². The molecule has 4 rings (SSSR count). The van der Waals surface area contributed by atoms with Crippen LogP contribution in [-0.4, -0.2) is 34.0 Å². The average Bonchev–Trinajstić information content (AvgIpc) is 3.27. The minimum Gasteiger partial charge on any atom is -0.464 e. The van der Waals surface area contributed by atoms with E-state index in [1.807, 2.05) is 24.0 Å². The summed E-state index contributed by atoms with van der Waals surface area (Å²) in [6, 6.07) is 3.77. The monoisotopic (exact) mass is 359 g/mol. The number of fused-ring (bicyclic) bond motifs is 1. The molecule has 1 amide bonds. The summed E-state index contributed by atoms with van der Waals surface area (Å²) in [5.74, 6) is 0.885. The second-order valence-corrected chi connectivity index (χ2v) is 6.91. The van der Waals surface area contributed by atoms with Crippen molar-refractivity contribution in [3.8, 4) is 0 Å². The van der Waals surface area contributed by atoms with Gasteiger partial charge in [0.1, 0.15) is 5.58 Å². The van der Waals surface area contributed by atoms with Gasteiger partial charge in [0, 0.05) is 35.0 Å². The Bertz CT molecular complexity index is 904. The van der Waals surface area contributed by atoms with E-state index in [0.717, 1.165) is 41.5 Å². The highest BCUT2D eigenvalue weighted by Crippen LogP contribution is 2.29. The number of halogens is 1. The average molecular weight is 360 g/mol. The highest BCUT2D eigenvalue weighted by Gasteiger charge is 2.27. The Morgan fingerprint density at radius 1 is 1.44 bits per heavy atom. The first-order valence-corrected chi connectivity index (χ1v) is 8.70. The summed E-state index contributed by atoms with van der Waals surface area (Å²) in [4.78, 5) is 18.8. The van der Waals surface area contributed by atoms with Gasteiger partial charge in [0.15, 0.2) is 5.82 Å². The van der Waals surface area contributed by atoms with Crippen LogP contribution in [0.15, 0.2) is 33.7 Å². The minimum absolute atomic E-state index is 0.0765. The molecule has 1 aromatic carbocycles. The highest BCUT2D eigenvalue weighted by molar-refractivity contribution is 6.32. The molecule has 1 saturated heterocycles. The number of piperidine rings is 1. The van der Waals surface area contributed by atoms with Crippen molar-refractivity contribution in [2.24, 2.45) is 0 Å². The molecule has 1 aliphatic heterocycles. The van der Waals surface area contributed by atoms with Gasteiger partial charge in [0.05, 0.1) is 12.7 Å². The smallest absolute Gasteiger partial charge is 0.227 e. The molecule has 0 aliphatic carbocycles. The number of amides is 1. The fourth-order valence-corrected chi connectivity index (χ4v) is 3.55. The molecule has 0 saturated carbocycles. The predicted molar refractivity (Wildman–Crippen MR) is 92.5 cm³/mol. The maximum Gasteiger partial charge on any atom is 0.227 e. The Balaban J connectivity index is 1.51. The van der Waals surface area contributed by atoms with Crippen LogP contribution in [0, 0.1) is 6.92 Å². The molecule has 2 aromatic heterocycles. The van der Waals surface area contributed by atoms with Crippen LogP contribution in [0.1, 0.15) is 35.7 Å². The van der Waals surface area contributed by atoms with Gasteiger partial charge in [-0.25, -0.2) is 0 Å². The number of aromatic nitrogens is 2. The van der Waals surface area contributed by atoms with Crippen molar-refractivity contribution in [3.05, 3.63) is 46.8 Å². The van der Waals surface area contributed by atoms with E-state index in [1.54, 1.807) is 6.26 Å². The van der Waals surface area contributed by atoms with E-state index < -0.39 is 0 Å². The Morgan fingerprint density at radius 3 is 3.12 bits per heavy atom. The third-order valence-electron chi connectivity index (χ3n) is 4.79. The predicted octanol–water partition coefficient (Wildman–Crippen LogP) is 3.73. The lowest BCUT2D eigenvalue weighted by Crippen LogP contribution is -2.40. The van der Waals surface area contributed by atoms with Crippen LogP contribution < -0.4 is 0 Å². The normalized spacial score (nSPS) is 18.0. The maximum atomic E-state index is 12.8. The summed E-state index contributed by atoms with van der Waals surface area (Å²) < 4.78 is 10.4. The molecule has 0 spiro atoms. The first-order chi connectivity index (χ1) is 12.1. The molecule has 3 aromatic rings. The largest absolute Gasteiger partial charge is 0.464 e. The molecule has 0 bridgehead atoms. The van der Waals surface area contributed by atoms with Crippen molar-refractivity contribution in [1.29, 1.82) is 0 Å². The van der Waals surface area contributed by atoms with Crippen molar-refractivity contribution in [1.82, 2.24) is 15.0 Å². The van der Waals surface area contributed by atoms with Crippen molar-refractivity contribution >= 4 is 28.5 Å². The molecule has 0 radical (unpaired) electrons. The number of hydrogen-bond donors (Lipinski definition) is 0. The number of nitrogens with zero attached hydrogens (tertiary/aromatic N) is 3. The van der Waals surface area contributed by atoms with E-state index >= 15 is 0 Å². The quantitative estimate of drug-likeness (QED) is 0.712. The van der Waals surface area contributed by atoms with Crippen molar-refractivity contribution in [2.75, 3.05) is 13.1 Å². The van der Waals surface area contributed by atoms with E-state index in [1.165, 1.54) is 6.39 Å². The van der Waals surface area contributed by atoms with Crippen molar-refractivity contribution in [3.63, 3.8) is 0 Å². The van der Waals surface area contributed by atoms with Gasteiger partial charge in [-0.1, -0.05) is 16.8 Å². The fourth-order valence-electron chi connectivity index (χ4n) is 3.39. The van der Waals surface area contributed by atoms with Gasteiger partial charge in [-0.3, -0.25) is 4.79 Å². The van der Waals surface area contributed by atoms with Crippen molar-refractivity contribution < 1.29 is 13.7 Å². The summed E-state index contributed by atoms with van der Waals surface area (Å²) in [6.45, 7) is 3.30. The van der Waals surface area contributed by atoms with Crippen molar-refractivity contribution in [2.45, 2.75) is 32.1 Å². The maximum absolute atomic E-state index is 12.8. The topological polar surface area (TPSA) is 72.4 Å². The molecule has 130 valence electrons. The van der Waals surface area contributed by atoms with E-state index in [0.29, 0.717) is 23.8 Å². The molecule has 7 heteroatoms. The molecule has 1 fully saturated rings. The second-order valence-electron chi connectivity index (χ2n) is 6.50. The number of carbonyl (C=O) groups excluding carboxylic acids is 1. The summed E-state index contributed by atoms with van der Waals surface area (Å²) >= 11 is 6.22. The molecule has 0 unspecified atom stereocenters. The third-order valence-corrected chi connectivity index (χ3v) is 5.20. The van der Waals surface area contributed by atoms with Gasteiger partial charge < -0.3 is 13.8 Å². The number of hydrogen-bond acceptors (Lipinski definition) is 5. The number of benzene rings is 1. The molecular formula is C18H18ClN3O3. The number of rotatable bonds is 3. The lowest BCUT2D eigenvalue weighted by Gasteiger charge is -2.31. The Kier molecular flexibility index (Phi) is 4.21. The van der Waals surface area contributed by atoms with Crippen LogP contribution in [0.25, 0.3) is 11.0 Å². The SMILES string of the molecule is Cc1cc2occ(CC(=O)N3CCC[C@@H](c4ncon4)C3)c2cc1Cl. The van der Waals surface area contributed by atoms with Gasteiger partial charge in [0.2, 0.25) is 12.3 Å². The van der Waals surface area contributed by atoms with Crippen LogP contribution in [-0.2, 0) is 11.2 Å². The molecular weight excluding hydrogens is 342 g/mol. The second kappa shape index (κ2) is 6.52. The molecule has 3 heterocycles. The zero-order chi connectivity index (χ0) is 17.4. The Hall–Kier alpha value is -2.34. The molecule has 25 heavy (non-hydrogen) atoms. The van der Waals surface area contributed by atoms with E-state index in [2.05, 4.69) is 10.1 Å². The van der Waals surface area contributed by atoms with Gasteiger partial charge in [0.25, 0.3) is 0 Å². The van der Waals surface area contributed by atoms with E-state index in [4.69, 9.17) is 20.5 Å². The van der Waals surface area contributed by atoms with Crippen LogP contribution in [0.5, 0.6) is 0 Å². The van der Waals surface area contributed by atoms with Crippen LogP contribution in [0.3, 0.4) is 0 Å². The first-order valence-electron chi connectivity index (χ1n) is 8.32. The van der Waals surface area contributed by atoms with E-state index in [9.17, 15) is 4.79 Å². The first kappa shape index (κ1) is 16.1. The molecule has 1 aliphatic rings.